The Kier molecular flexibility index (Phi) is 3.46. The number of ether oxygens (including phenoxy) is 1. The van der Waals surface area contributed by atoms with Crippen LogP contribution in [0.3, 0.4) is 0 Å². The second-order valence-corrected chi connectivity index (χ2v) is 4.43. The number of pyridine rings is 1. The fraction of sp³-hybridized carbons (Fsp3) is 0.125. The first-order chi connectivity index (χ1) is 9.88. The number of hydrogen-bond donors (Lipinski definition) is 0. The molecule has 4 nitrogen and oxygen atoms in total. The van der Waals surface area contributed by atoms with E-state index in [4.69, 9.17) is 4.74 Å². The second kappa shape index (κ2) is 5.57. The second-order valence-electron chi connectivity index (χ2n) is 4.43. The van der Waals surface area contributed by atoms with Gasteiger partial charge in [0.1, 0.15) is 18.0 Å². The molecule has 3 rings (SSSR count). The summed E-state index contributed by atoms with van der Waals surface area (Å²) in [5.74, 6) is 0.840. The van der Waals surface area contributed by atoms with Gasteiger partial charge >= 0.3 is 0 Å². The van der Waals surface area contributed by atoms with E-state index >= 15 is 0 Å². The summed E-state index contributed by atoms with van der Waals surface area (Å²) < 4.78 is 7.61. The topological polar surface area (TPSA) is 44.1 Å². The van der Waals surface area contributed by atoms with Gasteiger partial charge in [-0.3, -0.25) is 4.79 Å². The Balaban J connectivity index is 1.76. The molecule has 0 aliphatic heterocycles. The minimum Gasteiger partial charge on any atom is -0.492 e. The molecule has 20 heavy (non-hydrogen) atoms. The fourth-order valence-corrected chi connectivity index (χ4v) is 2.19. The quantitative estimate of drug-likeness (QED) is 0.667. The lowest BCUT2D eigenvalue weighted by Gasteiger charge is -2.07. The maximum atomic E-state index is 11.1. The number of aldehydes is 1. The summed E-state index contributed by atoms with van der Waals surface area (Å²) >= 11 is 0. The maximum Gasteiger partial charge on any atom is 0.152 e. The van der Waals surface area contributed by atoms with Crippen molar-refractivity contribution in [1.82, 2.24) is 9.55 Å². The molecule has 2 aromatic heterocycles. The number of fused-ring (bicyclic) bond motifs is 1. The summed E-state index contributed by atoms with van der Waals surface area (Å²) in [5.41, 5.74) is 1.47. The van der Waals surface area contributed by atoms with E-state index in [9.17, 15) is 4.79 Å². The first-order valence-corrected chi connectivity index (χ1v) is 6.45. The number of nitrogens with zero attached hydrogens (tertiary/aromatic N) is 2. The zero-order chi connectivity index (χ0) is 13.8. The van der Waals surface area contributed by atoms with Gasteiger partial charge in [0, 0.05) is 23.3 Å². The number of para-hydroxylation sites is 1. The van der Waals surface area contributed by atoms with Gasteiger partial charge in [-0.15, -0.1) is 0 Å². The van der Waals surface area contributed by atoms with Crippen molar-refractivity contribution in [2.45, 2.75) is 6.54 Å². The third-order valence-electron chi connectivity index (χ3n) is 3.14. The molecule has 0 spiro atoms. The van der Waals surface area contributed by atoms with Crippen LogP contribution in [0.5, 0.6) is 5.75 Å². The predicted octanol–water partition coefficient (Wildman–Crippen LogP) is 2.93. The molecule has 3 aromatic rings. The van der Waals surface area contributed by atoms with E-state index in [2.05, 4.69) is 4.98 Å². The molecule has 0 N–H and O–H groups in total. The molecule has 0 fully saturated rings. The van der Waals surface area contributed by atoms with E-state index in [1.54, 1.807) is 6.20 Å². The Hall–Kier alpha value is -2.62. The molecular weight excluding hydrogens is 252 g/mol. The van der Waals surface area contributed by atoms with Crippen LogP contribution in [0, 0.1) is 0 Å². The van der Waals surface area contributed by atoms with E-state index in [0.717, 1.165) is 23.1 Å². The highest BCUT2D eigenvalue weighted by Crippen LogP contribution is 2.17. The summed E-state index contributed by atoms with van der Waals surface area (Å²) in [7, 11) is 0. The Morgan fingerprint density at radius 1 is 1.15 bits per heavy atom. The zero-order valence-electron chi connectivity index (χ0n) is 10.9. The molecule has 0 amide bonds. The highest BCUT2D eigenvalue weighted by atomic mass is 16.5. The van der Waals surface area contributed by atoms with Crippen molar-refractivity contribution in [3.63, 3.8) is 0 Å². The van der Waals surface area contributed by atoms with E-state index in [0.29, 0.717) is 18.7 Å². The Labute approximate surface area is 116 Å². The Morgan fingerprint density at radius 2 is 2.00 bits per heavy atom. The average molecular weight is 266 g/mol. The molecule has 1 aromatic carbocycles. The van der Waals surface area contributed by atoms with Crippen molar-refractivity contribution >= 4 is 17.3 Å². The molecule has 0 bridgehead atoms. The summed E-state index contributed by atoms with van der Waals surface area (Å²) in [6.45, 7) is 1.18. The van der Waals surface area contributed by atoms with E-state index in [1.807, 2.05) is 53.2 Å². The van der Waals surface area contributed by atoms with Crippen LogP contribution in [0.25, 0.3) is 11.0 Å². The van der Waals surface area contributed by atoms with Gasteiger partial charge in [-0.2, -0.15) is 0 Å². The predicted molar refractivity (Wildman–Crippen MR) is 77.1 cm³/mol. The van der Waals surface area contributed by atoms with Gasteiger partial charge in [0.2, 0.25) is 0 Å². The molecule has 4 heteroatoms. The van der Waals surface area contributed by atoms with Crippen molar-refractivity contribution in [2.24, 2.45) is 0 Å². The first kappa shape index (κ1) is 12.4. The third-order valence-corrected chi connectivity index (χ3v) is 3.14. The van der Waals surface area contributed by atoms with Crippen molar-refractivity contribution in [1.29, 1.82) is 0 Å². The Bertz CT molecular complexity index is 720. The summed E-state index contributed by atoms with van der Waals surface area (Å²) in [4.78, 5) is 15.4. The normalized spacial score (nSPS) is 10.6. The molecule has 0 saturated heterocycles. The number of rotatable bonds is 5. The van der Waals surface area contributed by atoms with Gasteiger partial charge in [0.05, 0.1) is 6.54 Å². The van der Waals surface area contributed by atoms with Crippen LogP contribution < -0.4 is 4.74 Å². The van der Waals surface area contributed by atoms with Crippen LogP contribution in [-0.2, 0) is 6.54 Å². The maximum absolute atomic E-state index is 11.1. The summed E-state index contributed by atoms with van der Waals surface area (Å²) in [6.07, 6.45) is 4.41. The number of benzene rings is 1. The molecule has 0 unspecified atom stereocenters. The van der Waals surface area contributed by atoms with Gasteiger partial charge in [0.15, 0.2) is 6.29 Å². The number of carbonyl (C=O) groups excluding carboxylic acids is 1. The third kappa shape index (κ3) is 2.40. The van der Waals surface area contributed by atoms with Crippen molar-refractivity contribution in [2.75, 3.05) is 6.61 Å². The fourth-order valence-electron chi connectivity index (χ4n) is 2.19. The van der Waals surface area contributed by atoms with Gasteiger partial charge in [-0.25, -0.2) is 4.98 Å². The van der Waals surface area contributed by atoms with E-state index in [1.165, 1.54) is 0 Å². The number of aromatic nitrogens is 2. The van der Waals surface area contributed by atoms with Crippen LogP contribution >= 0.6 is 0 Å². The smallest absolute Gasteiger partial charge is 0.152 e. The molecule has 100 valence electrons. The average Bonchev–Trinajstić information content (AvgIpc) is 2.87. The van der Waals surface area contributed by atoms with Crippen molar-refractivity contribution in [3.05, 3.63) is 60.4 Å². The van der Waals surface area contributed by atoms with E-state index in [-0.39, 0.29) is 0 Å². The van der Waals surface area contributed by atoms with Crippen LogP contribution in [0.15, 0.2) is 54.9 Å². The van der Waals surface area contributed by atoms with Crippen LogP contribution in [-0.4, -0.2) is 22.4 Å². The molecule has 0 aliphatic carbocycles. The van der Waals surface area contributed by atoms with Crippen molar-refractivity contribution < 1.29 is 9.53 Å². The van der Waals surface area contributed by atoms with Gasteiger partial charge < -0.3 is 9.30 Å². The Morgan fingerprint density at radius 3 is 2.80 bits per heavy atom. The van der Waals surface area contributed by atoms with Gasteiger partial charge in [0.25, 0.3) is 0 Å². The first-order valence-electron chi connectivity index (χ1n) is 6.45. The lowest BCUT2D eigenvalue weighted by Crippen LogP contribution is -2.07. The molecule has 0 atom stereocenters. The molecular formula is C16H14N2O2. The van der Waals surface area contributed by atoms with Gasteiger partial charge in [-0.1, -0.05) is 18.2 Å². The number of hydrogen-bond acceptors (Lipinski definition) is 3. The van der Waals surface area contributed by atoms with Crippen LogP contribution in [0.2, 0.25) is 0 Å². The SMILES string of the molecule is O=Cc1cn(CCOc2ccccc2)c2ncccc12. The molecule has 0 radical (unpaired) electrons. The minimum absolute atomic E-state index is 0.530. The number of carbonyl (C=O) groups is 1. The van der Waals surface area contributed by atoms with E-state index < -0.39 is 0 Å². The highest BCUT2D eigenvalue weighted by molar-refractivity contribution is 5.95. The standard InChI is InChI=1S/C16H14N2O2/c19-12-13-11-18(16-15(13)7-4-8-17-16)9-10-20-14-5-2-1-3-6-14/h1-8,11-12H,9-10H2. The largest absolute Gasteiger partial charge is 0.492 e. The van der Waals surface area contributed by atoms with Crippen LogP contribution in [0.4, 0.5) is 0 Å². The zero-order valence-corrected chi connectivity index (χ0v) is 10.9. The minimum atomic E-state index is 0.530. The molecule has 0 saturated carbocycles. The molecule has 2 heterocycles. The molecule has 0 aliphatic rings. The van der Waals surface area contributed by atoms with Crippen molar-refractivity contribution in [3.8, 4) is 5.75 Å². The highest BCUT2D eigenvalue weighted by Gasteiger charge is 2.08. The van der Waals surface area contributed by atoms with Crippen LogP contribution in [0.1, 0.15) is 10.4 Å². The summed E-state index contributed by atoms with van der Waals surface area (Å²) in [5, 5.41) is 0.877. The summed E-state index contributed by atoms with van der Waals surface area (Å²) in [6, 6.07) is 13.4. The lowest BCUT2D eigenvalue weighted by molar-refractivity contribution is 0.112. The van der Waals surface area contributed by atoms with Gasteiger partial charge in [-0.05, 0) is 24.3 Å². The monoisotopic (exact) mass is 266 g/mol. The lowest BCUT2D eigenvalue weighted by atomic mass is 10.2.